The maximum Gasteiger partial charge on any atom is 0.120 e. The number of benzene rings is 2. The Kier molecular flexibility index (Phi) is 4.09. The Morgan fingerprint density at radius 2 is 1.68 bits per heavy atom. The Bertz CT molecular complexity index is 625. The lowest BCUT2D eigenvalue weighted by atomic mass is 10.0. The minimum atomic E-state index is -0.955. The highest BCUT2D eigenvalue weighted by Crippen LogP contribution is 2.23. The summed E-state index contributed by atoms with van der Waals surface area (Å²) in [5.41, 5.74) is 2.26. The van der Waals surface area contributed by atoms with Crippen LogP contribution in [0.5, 0.6) is 0 Å². The molecule has 0 aliphatic heterocycles. The van der Waals surface area contributed by atoms with Gasteiger partial charge in [-0.3, -0.25) is 0 Å². The van der Waals surface area contributed by atoms with E-state index in [-0.39, 0.29) is 0 Å². The lowest BCUT2D eigenvalue weighted by Crippen LogP contribution is -2.14. The lowest BCUT2D eigenvalue weighted by Gasteiger charge is -2.06. The van der Waals surface area contributed by atoms with Crippen molar-refractivity contribution >= 4 is 15.9 Å². The summed E-state index contributed by atoms with van der Waals surface area (Å²) >= 11 is 3.47. The zero-order valence-corrected chi connectivity index (χ0v) is 12.5. The smallest absolute Gasteiger partial charge is 0.120 e. The highest BCUT2D eigenvalue weighted by Gasteiger charge is 2.05. The molecule has 0 saturated heterocycles. The molecule has 0 unspecified atom stereocenters. The van der Waals surface area contributed by atoms with Crippen LogP contribution in [0.15, 0.2) is 53.0 Å². The lowest BCUT2D eigenvalue weighted by molar-refractivity contribution is 0.143. The molecule has 0 fully saturated rings. The van der Waals surface area contributed by atoms with Crippen molar-refractivity contribution in [1.29, 1.82) is 0 Å². The summed E-state index contributed by atoms with van der Waals surface area (Å²) in [5, 5.41) is 9.56. The highest BCUT2D eigenvalue weighted by molar-refractivity contribution is 9.10. The molecule has 0 atom stereocenters. The first-order valence-corrected chi connectivity index (χ1v) is 6.85. The van der Waals surface area contributed by atoms with Gasteiger partial charge in [0.1, 0.15) is 5.60 Å². The Morgan fingerprint density at radius 3 is 2.26 bits per heavy atom. The molecule has 1 N–H and O–H groups in total. The highest BCUT2D eigenvalue weighted by atomic mass is 79.9. The second kappa shape index (κ2) is 5.61. The minimum absolute atomic E-state index is 0.904. The third kappa shape index (κ3) is 4.24. The number of aliphatic hydroxyl groups is 1. The Labute approximate surface area is 122 Å². The van der Waals surface area contributed by atoms with Crippen LogP contribution in [0.4, 0.5) is 0 Å². The van der Waals surface area contributed by atoms with Crippen LogP contribution < -0.4 is 0 Å². The maximum absolute atomic E-state index is 9.56. The molecule has 1 nitrogen and oxygen atoms in total. The minimum Gasteiger partial charge on any atom is -0.378 e. The van der Waals surface area contributed by atoms with Gasteiger partial charge in [-0.1, -0.05) is 52.0 Å². The molecule has 0 heterocycles. The first kappa shape index (κ1) is 13.9. The van der Waals surface area contributed by atoms with E-state index in [0.717, 1.165) is 21.2 Å². The van der Waals surface area contributed by atoms with Crippen molar-refractivity contribution in [2.75, 3.05) is 0 Å². The van der Waals surface area contributed by atoms with Gasteiger partial charge in [0.05, 0.1) is 0 Å². The van der Waals surface area contributed by atoms with E-state index in [1.807, 2.05) is 36.4 Å². The van der Waals surface area contributed by atoms with E-state index in [1.54, 1.807) is 13.8 Å². The molecule has 2 aromatic carbocycles. The molecule has 2 heteroatoms. The van der Waals surface area contributed by atoms with Gasteiger partial charge in [0.2, 0.25) is 0 Å². The van der Waals surface area contributed by atoms with Crippen LogP contribution in [0.25, 0.3) is 11.1 Å². The van der Waals surface area contributed by atoms with E-state index in [0.29, 0.717) is 0 Å². The summed E-state index contributed by atoms with van der Waals surface area (Å²) in [6.07, 6.45) is 0. The predicted molar refractivity (Wildman–Crippen MR) is 82.8 cm³/mol. The molecule has 19 heavy (non-hydrogen) atoms. The van der Waals surface area contributed by atoms with Crippen LogP contribution in [-0.2, 0) is 0 Å². The molecule has 0 aromatic heterocycles. The fourth-order valence-electron chi connectivity index (χ4n) is 1.64. The zero-order valence-electron chi connectivity index (χ0n) is 10.9. The van der Waals surface area contributed by atoms with Crippen molar-refractivity contribution in [3.05, 3.63) is 58.6 Å². The average Bonchev–Trinajstić information content (AvgIpc) is 2.36. The molecular weight excluding hydrogens is 300 g/mol. The summed E-state index contributed by atoms with van der Waals surface area (Å²) in [7, 11) is 0. The summed E-state index contributed by atoms with van der Waals surface area (Å²) in [5.74, 6) is 5.77. The first-order valence-electron chi connectivity index (χ1n) is 6.06. The van der Waals surface area contributed by atoms with Crippen molar-refractivity contribution < 1.29 is 5.11 Å². The summed E-state index contributed by atoms with van der Waals surface area (Å²) in [6, 6.07) is 16.2. The van der Waals surface area contributed by atoms with Crippen LogP contribution >= 0.6 is 15.9 Å². The quantitative estimate of drug-likeness (QED) is 0.781. The molecule has 2 rings (SSSR count). The number of halogens is 1. The number of rotatable bonds is 1. The van der Waals surface area contributed by atoms with Crippen molar-refractivity contribution in [1.82, 2.24) is 0 Å². The van der Waals surface area contributed by atoms with E-state index in [2.05, 4.69) is 39.9 Å². The van der Waals surface area contributed by atoms with Crippen molar-refractivity contribution in [2.45, 2.75) is 19.4 Å². The monoisotopic (exact) mass is 314 g/mol. The third-order valence-corrected chi connectivity index (χ3v) is 3.05. The van der Waals surface area contributed by atoms with Crippen LogP contribution in [-0.4, -0.2) is 10.7 Å². The molecule has 0 spiro atoms. The Morgan fingerprint density at radius 1 is 1.00 bits per heavy atom. The van der Waals surface area contributed by atoms with E-state index in [4.69, 9.17) is 0 Å². The van der Waals surface area contributed by atoms with Gasteiger partial charge in [-0.05, 0) is 49.2 Å². The van der Waals surface area contributed by atoms with Gasteiger partial charge < -0.3 is 5.11 Å². The second-order valence-electron chi connectivity index (χ2n) is 4.90. The summed E-state index contributed by atoms with van der Waals surface area (Å²) in [6.45, 7) is 3.35. The molecule has 0 bridgehead atoms. The molecule has 0 aliphatic rings. The van der Waals surface area contributed by atoms with Crippen LogP contribution in [0.2, 0.25) is 0 Å². The largest absolute Gasteiger partial charge is 0.378 e. The maximum atomic E-state index is 9.56. The first-order chi connectivity index (χ1) is 8.94. The van der Waals surface area contributed by atoms with Crippen molar-refractivity contribution in [3.8, 4) is 23.0 Å². The van der Waals surface area contributed by atoms with Crippen LogP contribution in [0.1, 0.15) is 19.4 Å². The van der Waals surface area contributed by atoms with Gasteiger partial charge in [0, 0.05) is 10.0 Å². The Hall–Kier alpha value is -1.56. The average molecular weight is 315 g/mol. The molecule has 0 saturated carbocycles. The molecule has 0 aliphatic carbocycles. The van der Waals surface area contributed by atoms with E-state index >= 15 is 0 Å². The number of hydrogen-bond acceptors (Lipinski definition) is 1. The Balaban J connectivity index is 2.26. The van der Waals surface area contributed by atoms with E-state index in [9.17, 15) is 5.11 Å². The van der Waals surface area contributed by atoms with Crippen LogP contribution in [0, 0.1) is 11.8 Å². The van der Waals surface area contributed by atoms with E-state index < -0.39 is 5.60 Å². The van der Waals surface area contributed by atoms with Gasteiger partial charge >= 0.3 is 0 Å². The van der Waals surface area contributed by atoms with Crippen LogP contribution in [0.3, 0.4) is 0 Å². The van der Waals surface area contributed by atoms with Crippen molar-refractivity contribution in [2.24, 2.45) is 0 Å². The van der Waals surface area contributed by atoms with Gasteiger partial charge in [-0.25, -0.2) is 0 Å². The van der Waals surface area contributed by atoms with Crippen molar-refractivity contribution in [3.63, 3.8) is 0 Å². The normalized spacial score (nSPS) is 10.7. The topological polar surface area (TPSA) is 20.2 Å². The summed E-state index contributed by atoms with van der Waals surface area (Å²) < 4.78 is 1.07. The molecule has 0 radical (unpaired) electrons. The van der Waals surface area contributed by atoms with E-state index in [1.165, 1.54) is 0 Å². The molecular formula is C17H15BrO. The van der Waals surface area contributed by atoms with Gasteiger partial charge in [0.15, 0.2) is 0 Å². The SMILES string of the molecule is CC(C)(O)C#Cc1ccc(-c2cccc(Br)c2)cc1. The predicted octanol–water partition coefficient (Wildman–Crippen LogP) is 4.24. The molecule has 2 aromatic rings. The van der Waals surface area contributed by atoms with Gasteiger partial charge in [-0.15, -0.1) is 0 Å². The zero-order chi connectivity index (χ0) is 13.9. The molecule has 0 amide bonds. The van der Waals surface area contributed by atoms with Gasteiger partial charge in [0.25, 0.3) is 0 Å². The third-order valence-electron chi connectivity index (χ3n) is 2.56. The standard InChI is InChI=1S/C17H15BrO/c1-17(2,19)11-10-13-6-8-14(9-7-13)15-4-3-5-16(18)12-15/h3-9,12,19H,1-2H3. The fraction of sp³-hybridized carbons (Fsp3) is 0.176. The second-order valence-corrected chi connectivity index (χ2v) is 5.81. The fourth-order valence-corrected chi connectivity index (χ4v) is 2.04. The molecule has 96 valence electrons. The van der Waals surface area contributed by atoms with Gasteiger partial charge in [-0.2, -0.15) is 0 Å². The number of hydrogen-bond donors (Lipinski definition) is 1. The summed E-state index contributed by atoms with van der Waals surface area (Å²) in [4.78, 5) is 0.